The van der Waals surface area contributed by atoms with Crippen LogP contribution in [0.2, 0.25) is 5.02 Å². The first kappa shape index (κ1) is 35.8. The first-order valence-electron chi connectivity index (χ1n) is 14.9. The summed E-state index contributed by atoms with van der Waals surface area (Å²) >= 11 is 12.9. The van der Waals surface area contributed by atoms with Gasteiger partial charge in [0.2, 0.25) is 5.91 Å². The number of ether oxygens (including phenoxy) is 1. The fourth-order valence-electron chi connectivity index (χ4n) is 6.24. The van der Waals surface area contributed by atoms with E-state index >= 15 is 0 Å². The molecular formula is C33H47Br2ClN4O3. The lowest BCUT2D eigenvalue weighted by Crippen LogP contribution is -2.45. The van der Waals surface area contributed by atoms with E-state index in [1.807, 2.05) is 38.9 Å². The van der Waals surface area contributed by atoms with Gasteiger partial charge in [-0.05, 0) is 135 Å². The van der Waals surface area contributed by atoms with Crippen LogP contribution in [-0.2, 0) is 22.4 Å². The Morgan fingerprint density at radius 2 is 1.67 bits per heavy atom. The second kappa shape index (κ2) is 16.1. The monoisotopic (exact) mass is 740 g/mol. The van der Waals surface area contributed by atoms with Crippen molar-refractivity contribution < 1.29 is 14.3 Å². The SMILES string of the molecule is C.CBr.CC(C)(C)OC(=O)N1CCC(CNC(=O)C2CCN(C3c4ccc(Cl)cc4CCc4cc(Br)cnc43)CC2)CC1. The highest BCUT2D eigenvalue weighted by atomic mass is 79.9. The Hall–Kier alpha value is -1.68. The number of carbonyl (C=O) groups is 2. The van der Waals surface area contributed by atoms with Crippen molar-refractivity contribution in [1.82, 2.24) is 20.1 Å². The third-order valence-corrected chi connectivity index (χ3v) is 9.06. The van der Waals surface area contributed by atoms with Gasteiger partial charge in [0, 0.05) is 41.2 Å². The number of aromatic nitrogens is 1. The Bertz CT molecular complexity index is 1190. The van der Waals surface area contributed by atoms with E-state index in [2.05, 4.69) is 60.3 Å². The highest BCUT2D eigenvalue weighted by Crippen LogP contribution is 2.39. The van der Waals surface area contributed by atoms with Crippen molar-refractivity contribution in [1.29, 1.82) is 0 Å². The van der Waals surface area contributed by atoms with E-state index in [0.29, 0.717) is 25.6 Å². The summed E-state index contributed by atoms with van der Waals surface area (Å²) in [6.07, 6.45) is 6.94. The van der Waals surface area contributed by atoms with Gasteiger partial charge in [-0.2, -0.15) is 0 Å². The summed E-state index contributed by atoms with van der Waals surface area (Å²) < 4.78 is 6.50. The Morgan fingerprint density at radius 3 is 2.33 bits per heavy atom. The number of benzene rings is 1. The second-order valence-corrected chi connectivity index (χ2v) is 13.8. The van der Waals surface area contributed by atoms with E-state index in [-0.39, 0.29) is 31.4 Å². The molecule has 2 aliphatic heterocycles. The predicted molar refractivity (Wildman–Crippen MR) is 182 cm³/mol. The van der Waals surface area contributed by atoms with Crippen LogP contribution in [0.4, 0.5) is 4.79 Å². The van der Waals surface area contributed by atoms with E-state index in [1.54, 1.807) is 4.90 Å². The molecule has 43 heavy (non-hydrogen) atoms. The van der Waals surface area contributed by atoms with Crippen LogP contribution >= 0.6 is 43.5 Å². The number of piperidine rings is 2. The van der Waals surface area contributed by atoms with Gasteiger partial charge < -0.3 is 15.0 Å². The lowest BCUT2D eigenvalue weighted by molar-refractivity contribution is -0.126. The molecule has 238 valence electrons. The molecule has 1 atom stereocenters. The zero-order valence-corrected chi connectivity index (χ0v) is 29.0. The second-order valence-electron chi connectivity index (χ2n) is 12.4. The van der Waals surface area contributed by atoms with Crippen LogP contribution in [0.5, 0.6) is 0 Å². The van der Waals surface area contributed by atoms with Gasteiger partial charge in [0.1, 0.15) is 5.60 Å². The van der Waals surface area contributed by atoms with Crippen molar-refractivity contribution in [2.24, 2.45) is 11.8 Å². The van der Waals surface area contributed by atoms with Crippen LogP contribution in [0.25, 0.3) is 0 Å². The zero-order chi connectivity index (χ0) is 30.4. The Labute approximate surface area is 279 Å². The molecule has 5 rings (SSSR count). The van der Waals surface area contributed by atoms with Crippen molar-refractivity contribution in [2.45, 2.75) is 78.4 Å². The molecule has 1 unspecified atom stereocenters. The number of alkyl halides is 1. The molecule has 1 N–H and O–H groups in total. The van der Waals surface area contributed by atoms with Crippen molar-refractivity contribution in [3.8, 4) is 0 Å². The maximum Gasteiger partial charge on any atom is 0.410 e. The zero-order valence-electron chi connectivity index (χ0n) is 25.1. The predicted octanol–water partition coefficient (Wildman–Crippen LogP) is 7.81. The minimum atomic E-state index is -0.484. The molecule has 2 fully saturated rings. The first-order chi connectivity index (χ1) is 20.1. The topological polar surface area (TPSA) is 74.8 Å². The van der Waals surface area contributed by atoms with Gasteiger partial charge in [0.25, 0.3) is 0 Å². The smallest absolute Gasteiger partial charge is 0.410 e. The number of rotatable bonds is 4. The molecule has 7 nitrogen and oxygen atoms in total. The quantitative estimate of drug-likeness (QED) is 0.324. The fourth-order valence-corrected chi connectivity index (χ4v) is 6.81. The molecule has 1 aliphatic carbocycles. The van der Waals surface area contributed by atoms with Crippen LogP contribution in [0.15, 0.2) is 34.9 Å². The van der Waals surface area contributed by atoms with Crippen molar-refractivity contribution in [3.63, 3.8) is 0 Å². The molecule has 0 spiro atoms. The summed E-state index contributed by atoms with van der Waals surface area (Å²) in [7, 11) is 0. The van der Waals surface area contributed by atoms with E-state index in [1.165, 1.54) is 16.7 Å². The van der Waals surface area contributed by atoms with Crippen molar-refractivity contribution in [3.05, 3.63) is 62.3 Å². The number of nitrogens with one attached hydrogen (secondary N) is 1. The van der Waals surface area contributed by atoms with Crippen LogP contribution in [0.3, 0.4) is 0 Å². The molecule has 2 amide bonds. The fraction of sp³-hybridized carbons (Fsp3) is 0.606. The number of hydrogen-bond acceptors (Lipinski definition) is 5. The number of pyridine rings is 1. The van der Waals surface area contributed by atoms with Crippen LogP contribution in [-0.4, -0.2) is 70.9 Å². The maximum absolute atomic E-state index is 13.1. The molecule has 1 aromatic carbocycles. The summed E-state index contributed by atoms with van der Waals surface area (Å²) in [5.74, 6) is 2.38. The lowest BCUT2D eigenvalue weighted by Gasteiger charge is -2.38. The normalized spacial score (nSPS) is 19.5. The third kappa shape index (κ3) is 9.41. The van der Waals surface area contributed by atoms with Crippen LogP contribution < -0.4 is 5.32 Å². The number of hydrogen-bond donors (Lipinski definition) is 1. The molecule has 10 heteroatoms. The van der Waals surface area contributed by atoms with E-state index in [9.17, 15) is 9.59 Å². The minimum Gasteiger partial charge on any atom is -0.444 e. The molecular weight excluding hydrogens is 696 g/mol. The first-order valence-corrected chi connectivity index (χ1v) is 17.6. The number of carbonyl (C=O) groups excluding carboxylic acids is 2. The van der Waals surface area contributed by atoms with Gasteiger partial charge in [0.05, 0.1) is 11.7 Å². The molecule has 1 aromatic heterocycles. The van der Waals surface area contributed by atoms with Crippen LogP contribution in [0, 0.1) is 11.8 Å². The lowest BCUT2D eigenvalue weighted by atomic mass is 9.90. The maximum atomic E-state index is 13.1. The standard InChI is InChI=1S/C31H40BrClN4O3.CH3Br.CH4/c1-31(2,3)40-30(39)37-12-8-20(9-13-37)18-35-29(38)21-10-14-36(15-11-21)28-26-7-6-25(33)17-22(26)4-5-23-16-24(32)19-34-27(23)28;1-2;/h6-7,16-17,19-21,28H,4-5,8-15,18H2,1-3H3,(H,35,38);1H3;1H4. The summed E-state index contributed by atoms with van der Waals surface area (Å²) in [4.78, 5) is 34.6. The molecule has 0 bridgehead atoms. The average Bonchev–Trinajstić information content (AvgIpc) is 3.12. The van der Waals surface area contributed by atoms with Gasteiger partial charge in [-0.25, -0.2) is 4.79 Å². The molecule has 0 radical (unpaired) electrons. The summed E-state index contributed by atoms with van der Waals surface area (Å²) in [5.41, 5.74) is 4.46. The van der Waals surface area contributed by atoms with E-state index in [4.69, 9.17) is 21.3 Å². The Kier molecular flexibility index (Phi) is 13.4. The van der Waals surface area contributed by atoms with Gasteiger partial charge in [-0.3, -0.25) is 14.7 Å². The number of likely N-dealkylation sites (tertiary alicyclic amines) is 2. The summed E-state index contributed by atoms with van der Waals surface area (Å²) in [5, 5.41) is 4.00. The van der Waals surface area contributed by atoms with Crippen LogP contribution in [0.1, 0.15) is 82.3 Å². The number of halogens is 3. The Balaban J connectivity index is 0.00000165. The molecule has 0 saturated carbocycles. The van der Waals surface area contributed by atoms with Gasteiger partial charge in [0.15, 0.2) is 0 Å². The van der Waals surface area contributed by atoms with E-state index < -0.39 is 5.60 Å². The van der Waals surface area contributed by atoms with Gasteiger partial charge in [-0.15, -0.1) is 0 Å². The average molecular weight is 743 g/mol. The molecule has 3 heterocycles. The largest absolute Gasteiger partial charge is 0.444 e. The number of aryl methyl sites for hydroxylation is 2. The highest BCUT2D eigenvalue weighted by Gasteiger charge is 2.35. The van der Waals surface area contributed by atoms with Crippen molar-refractivity contribution in [2.75, 3.05) is 38.6 Å². The summed E-state index contributed by atoms with van der Waals surface area (Å²) in [6.45, 7) is 9.37. The highest BCUT2D eigenvalue weighted by molar-refractivity contribution is 9.10. The minimum absolute atomic E-state index is 0. The number of nitrogens with zero attached hydrogens (tertiary/aromatic N) is 3. The van der Waals surface area contributed by atoms with Gasteiger partial charge >= 0.3 is 6.09 Å². The molecule has 2 aromatic rings. The van der Waals surface area contributed by atoms with Gasteiger partial charge in [-0.1, -0.05) is 41.0 Å². The Morgan fingerprint density at radius 1 is 1.02 bits per heavy atom. The van der Waals surface area contributed by atoms with Crippen molar-refractivity contribution >= 4 is 55.5 Å². The number of fused-ring (bicyclic) bond motifs is 2. The number of amides is 2. The molecule has 3 aliphatic rings. The summed E-state index contributed by atoms with van der Waals surface area (Å²) in [6, 6.07) is 8.50. The third-order valence-electron chi connectivity index (χ3n) is 8.39. The van der Waals surface area contributed by atoms with E-state index in [0.717, 1.165) is 66.8 Å². The molecule has 2 saturated heterocycles.